The zero-order chi connectivity index (χ0) is 13.7. The standard InChI is InChI=1S/C11H11Br2F2NO2/c1-2-18-10(17)3-6-7(13)4-8(11(14)15)16-9(6)5-12/h4,11H,2-3,5H2,1H3. The molecule has 0 spiro atoms. The molecule has 0 aliphatic rings. The number of hydrogen-bond acceptors (Lipinski definition) is 3. The van der Waals surface area contributed by atoms with E-state index in [4.69, 9.17) is 4.74 Å². The van der Waals surface area contributed by atoms with E-state index >= 15 is 0 Å². The number of nitrogens with zero attached hydrogens (tertiary/aromatic N) is 1. The van der Waals surface area contributed by atoms with Crippen LogP contribution in [0.4, 0.5) is 8.78 Å². The number of esters is 1. The van der Waals surface area contributed by atoms with E-state index in [1.54, 1.807) is 6.92 Å². The summed E-state index contributed by atoms with van der Waals surface area (Å²) in [6.07, 6.45) is -2.64. The molecule has 0 unspecified atom stereocenters. The van der Waals surface area contributed by atoms with Crippen LogP contribution in [0.3, 0.4) is 0 Å². The number of carbonyl (C=O) groups excluding carboxylic acids is 1. The van der Waals surface area contributed by atoms with Crippen LogP contribution in [-0.4, -0.2) is 17.6 Å². The highest BCUT2D eigenvalue weighted by atomic mass is 79.9. The Bertz CT molecular complexity index is 441. The summed E-state index contributed by atoms with van der Waals surface area (Å²) in [4.78, 5) is 15.2. The highest BCUT2D eigenvalue weighted by Gasteiger charge is 2.18. The Balaban J connectivity index is 3.07. The van der Waals surface area contributed by atoms with Crippen molar-refractivity contribution in [3.63, 3.8) is 0 Å². The maximum atomic E-state index is 12.6. The van der Waals surface area contributed by atoms with Crippen LogP contribution >= 0.6 is 31.9 Å². The molecule has 0 fully saturated rings. The molecule has 0 amide bonds. The van der Waals surface area contributed by atoms with E-state index in [2.05, 4.69) is 36.8 Å². The molecule has 1 rings (SSSR count). The number of ether oxygens (including phenoxy) is 1. The summed E-state index contributed by atoms with van der Waals surface area (Å²) in [5.74, 6) is -0.410. The second-order valence-electron chi connectivity index (χ2n) is 3.37. The van der Waals surface area contributed by atoms with E-state index in [0.717, 1.165) is 0 Å². The fraction of sp³-hybridized carbons (Fsp3) is 0.455. The number of carbonyl (C=O) groups is 1. The molecule has 0 N–H and O–H groups in total. The molecule has 1 aromatic rings. The van der Waals surface area contributed by atoms with Gasteiger partial charge < -0.3 is 4.74 Å². The Morgan fingerprint density at radius 3 is 2.72 bits per heavy atom. The van der Waals surface area contributed by atoms with Crippen molar-refractivity contribution in [1.29, 1.82) is 0 Å². The van der Waals surface area contributed by atoms with Crippen molar-refractivity contribution in [2.24, 2.45) is 0 Å². The maximum Gasteiger partial charge on any atom is 0.310 e. The van der Waals surface area contributed by atoms with Gasteiger partial charge in [0.15, 0.2) is 0 Å². The number of alkyl halides is 3. The number of aromatic nitrogens is 1. The first-order chi connectivity index (χ1) is 8.49. The molecule has 0 atom stereocenters. The Kier molecular flexibility index (Phi) is 6.14. The summed E-state index contributed by atoms with van der Waals surface area (Å²) < 4.78 is 30.4. The largest absolute Gasteiger partial charge is 0.466 e. The van der Waals surface area contributed by atoms with Crippen molar-refractivity contribution in [2.75, 3.05) is 6.61 Å². The van der Waals surface area contributed by atoms with Crippen LogP contribution < -0.4 is 0 Å². The zero-order valence-corrected chi connectivity index (χ0v) is 12.7. The quantitative estimate of drug-likeness (QED) is 0.571. The van der Waals surface area contributed by atoms with Gasteiger partial charge in [0.1, 0.15) is 5.69 Å². The van der Waals surface area contributed by atoms with Crippen molar-refractivity contribution in [3.05, 3.63) is 27.5 Å². The Hall–Kier alpha value is -0.560. The second kappa shape index (κ2) is 7.13. The summed E-state index contributed by atoms with van der Waals surface area (Å²) in [6.45, 7) is 1.99. The third kappa shape index (κ3) is 3.98. The second-order valence-corrected chi connectivity index (χ2v) is 4.79. The molecule has 0 saturated carbocycles. The highest BCUT2D eigenvalue weighted by molar-refractivity contribution is 9.10. The van der Waals surface area contributed by atoms with Crippen LogP contribution in [0.25, 0.3) is 0 Å². The maximum absolute atomic E-state index is 12.6. The van der Waals surface area contributed by atoms with Gasteiger partial charge in [-0.05, 0) is 18.6 Å². The minimum Gasteiger partial charge on any atom is -0.466 e. The topological polar surface area (TPSA) is 39.2 Å². The fourth-order valence-electron chi connectivity index (χ4n) is 1.38. The molecule has 0 radical (unpaired) electrons. The zero-order valence-electron chi connectivity index (χ0n) is 9.55. The molecule has 0 bridgehead atoms. The van der Waals surface area contributed by atoms with Crippen molar-refractivity contribution in [1.82, 2.24) is 4.98 Å². The van der Waals surface area contributed by atoms with Gasteiger partial charge in [-0.3, -0.25) is 9.78 Å². The first-order valence-corrected chi connectivity index (χ1v) is 7.09. The van der Waals surface area contributed by atoms with Gasteiger partial charge >= 0.3 is 5.97 Å². The molecule has 1 heterocycles. The molecule has 1 aromatic heterocycles. The summed E-state index contributed by atoms with van der Waals surface area (Å²) in [5.41, 5.74) is 0.659. The monoisotopic (exact) mass is 385 g/mol. The van der Waals surface area contributed by atoms with Gasteiger partial charge in [-0.1, -0.05) is 31.9 Å². The number of pyridine rings is 1. The fourth-order valence-corrected chi connectivity index (χ4v) is 2.44. The molecule has 0 aromatic carbocycles. The molecular formula is C11H11Br2F2NO2. The summed E-state index contributed by atoms with van der Waals surface area (Å²) >= 11 is 6.36. The van der Waals surface area contributed by atoms with E-state index in [1.807, 2.05) is 0 Å². The summed E-state index contributed by atoms with van der Waals surface area (Å²) in [7, 11) is 0. The van der Waals surface area contributed by atoms with Gasteiger partial charge in [0, 0.05) is 9.80 Å². The van der Waals surface area contributed by atoms with E-state index < -0.39 is 12.4 Å². The Morgan fingerprint density at radius 1 is 1.56 bits per heavy atom. The molecule has 0 saturated heterocycles. The molecule has 100 valence electrons. The molecule has 3 nitrogen and oxygen atoms in total. The van der Waals surface area contributed by atoms with Crippen LogP contribution in [0.15, 0.2) is 10.5 Å². The van der Waals surface area contributed by atoms with E-state index in [0.29, 0.717) is 21.1 Å². The number of halogens is 4. The third-order valence-corrected chi connectivity index (χ3v) is 3.39. The van der Waals surface area contributed by atoms with Crippen molar-refractivity contribution >= 4 is 37.8 Å². The van der Waals surface area contributed by atoms with Gasteiger partial charge in [0.05, 0.1) is 18.7 Å². The lowest BCUT2D eigenvalue weighted by Gasteiger charge is -2.11. The predicted molar refractivity (Wildman–Crippen MR) is 69.9 cm³/mol. The van der Waals surface area contributed by atoms with Crippen molar-refractivity contribution < 1.29 is 18.3 Å². The first-order valence-electron chi connectivity index (χ1n) is 5.17. The average Bonchev–Trinajstić information content (AvgIpc) is 2.31. The summed E-state index contributed by atoms with van der Waals surface area (Å²) in [5, 5.41) is 0.293. The van der Waals surface area contributed by atoms with Gasteiger partial charge in [-0.15, -0.1) is 0 Å². The lowest BCUT2D eigenvalue weighted by atomic mass is 10.1. The van der Waals surface area contributed by atoms with Gasteiger partial charge in [0.25, 0.3) is 6.43 Å². The molecule has 18 heavy (non-hydrogen) atoms. The normalized spacial score (nSPS) is 10.8. The highest BCUT2D eigenvalue weighted by Crippen LogP contribution is 2.27. The lowest BCUT2D eigenvalue weighted by Crippen LogP contribution is -2.11. The minimum atomic E-state index is -2.64. The molecule has 0 aliphatic heterocycles. The number of hydrogen-bond donors (Lipinski definition) is 0. The third-order valence-electron chi connectivity index (χ3n) is 2.15. The van der Waals surface area contributed by atoms with Crippen LogP contribution in [-0.2, 0) is 21.3 Å². The summed E-state index contributed by atoms with van der Waals surface area (Å²) in [6, 6.07) is 1.23. The van der Waals surface area contributed by atoms with Crippen LogP contribution in [0, 0.1) is 0 Å². The first kappa shape index (κ1) is 15.5. The molecule has 0 aliphatic carbocycles. The smallest absolute Gasteiger partial charge is 0.310 e. The van der Waals surface area contributed by atoms with Crippen LogP contribution in [0.5, 0.6) is 0 Å². The van der Waals surface area contributed by atoms with Crippen molar-refractivity contribution in [3.8, 4) is 0 Å². The number of rotatable bonds is 5. The average molecular weight is 387 g/mol. The van der Waals surface area contributed by atoms with Gasteiger partial charge in [0.2, 0.25) is 0 Å². The minimum absolute atomic E-state index is 0.00583. The molecular weight excluding hydrogens is 376 g/mol. The Labute approximate surface area is 120 Å². The van der Waals surface area contributed by atoms with Gasteiger partial charge in [-0.25, -0.2) is 8.78 Å². The lowest BCUT2D eigenvalue weighted by molar-refractivity contribution is -0.142. The van der Waals surface area contributed by atoms with E-state index in [9.17, 15) is 13.6 Å². The SMILES string of the molecule is CCOC(=O)Cc1c(Br)cc(C(F)F)nc1CBr. The van der Waals surface area contributed by atoms with E-state index in [1.165, 1.54) is 6.07 Å². The van der Waals surface area contributed by atoms with Crippen molar-refractivity contribution in [2.45, 2.75) is 25.1 Å². The van der Waals surface area contributed by atoms with Crippen LogP contribution in [0.2, 0.25) is 0 Å². The predicted octanol–water partition coefficient (Wildman–Crippen LogP) is 3.78. The Morgan fingerprint density at radius 2 is 2.22 bits per heavy atom. The van der Waals surface area contributed by atoms with E-state index in [-0.39, 0.29) is 18.7 Å². The van der Waals surface area contributed by atoms with Crippen LogP contribution in [0.1, 0.15) is 30.3 Å². The molecule has 7 heteroatoms. The van der Waals surface area contributed by atoms with Gasteiger partial charge in [-0.2, -0.15) is 0 Å².